The van der Waals surface area contributed by atoms with Gasteiger partial charge in [-0.3, -0.25) is 9.59 Å². The highest BCUT2D eigenvalue weighted by Gasteiger charge is 2.35. The Morgan fingerprint density at radius 1 is 1.18 bits per heavy atom. The van der Waals surface area contributed by atoms with Gasteiger partial charge >= 0.3 is 0 Å². The van der Waals surface area contributed by atoms with E-state index in [1.807, 2.05) is 12.1 Å². The zero-order valence-electron chi connectivity index (χ0n) is 15.8. The normalized spacial score (nSPS) is 16.7. The largest absolute Gasteiger partial charge is 0.312 e. The van der Waals surface area contributed by atoms with Gasteiger partial charge in [-0.25, -0.2) is 4.98 Å². The number of rotatable bonds is 6. The summed E-state index contributed by atoms with van der Waals surface area (Å²) in [6, 6.07) is 11.5. The lowest BCUT2D eigenvalue weighted by Crippen LogP contribution is -2.28. The zero-order chi connectivity index (χ0) is 19.5. The zero-order valence-corrected chi connectivity index (χ0v) is 15.8. The van der Waals surface area contributed by atoms with Crippen LogP contribution in [-0.4, -0.2) is 33.0 Å². The number of aryl methyl sites for hydroxylation is 1. The highest BCUT2D eigenvalue weighted by molar-refractivity contribution is 6.03. The Morgan fingerprint density at radius 3 is 2.79 bits per heavy atom. The van der Waals surface area contributed by atoms with Crippen molar-refractivity contribution in [2.45, 2.75) is 32.6 Å². The third-order valence-corrected chi connectivity index (χ3v) is 5.10. The molecule has 0 spiro atoms. The van der Waals surface area contributed by atoms with Gasteiger partial charge in [-0.1, -0.05) is 25.5 Å². The topological polar surface area (TPSA) is 79.6 Å². The third kappa shape index (κ3) is 3.60. The number of carbonyl (C=O) groups excluding carboxylic acids is 2. The van der Waals surface area contributed by atoms with Crippen LogP contribution in [0.5, 0.6) is 0 Å². The number of hydrogen-bond donors (Lipinski definition) is 1. The van der Waals surface area contributed by atoms with Crippen molar-refractivity contribution < 1.29 is 9.59 Å². The number of anilines is 2. The lowest BCUT2D eigenvalue weighted by Gasteiger charge is -2.17. The third-order valence-electron chi connectivity index (χ3n) is 5.10. The van der Waals surface area contributed by atoms with Gasteiger partial charge in [0, 0.05) is 30.9 Å². The Kier molecular flexibility index (Phi) is 5.06. The van der Waals surface area contributed by atoms with Gasteiger partial charge < -0.3 is 10.2 Å². The molecule has 1 unspecified atom stereocenters. The first-order valence-corrected chi connectivity index (χ1v) is 9.64. The van der Waals surface area contributed by atoms with E-state index in [0.717, 1.165) is 24.9 Å². The van der Waals surface area contributed by atoms with Gasteiger partial charge in [0.15, 0.2) is 5.65 Å². The second-order valence-electron chi connectivity index (χ2n) is 7.10. The Morgan fingerprint density at radius 2 is 2.00 bits per heavy atom. The highest BCUT2D eigenvalue weighted by atomic mass is 16.2. The molecule has 4 rings (SSSR count). The molecule has 1 aromatic carbocycles. The van der Waals surface area contributed by atoms with Crippen LogP contribution in [0, 0.1) is 5.92 Å². The van der Waals surface area contributed by atoms with Gasteiger partial charge in [0.2, 0.25) is 11.8 Å². The molecule has 1 aliphatic rings. The van der Waals surface area contributed by atoms with Crippen LogP contribution < -0.4 is 10.2 Å². The molecular formula is C21H23N5O2. The fourth-order valence-corrected chi connectivity index (χ4v) is 3.51. The lowest BCUT2D eigenvalue weighted by atomic mass is 10.1. The van der Waals surface area contributed by atoms with Crippen LogP contribution in [-0.2, 0) is 16.0 Å². The van der Waals surface area contributed by atoms with Crippen molar-refractivity contribution in [1.82, 2.24) is 14.6 Å². The average Bonchev–Trinajstić information content (AvgIpc) is 3.34. The molecule has 144 valence electrons. The molecular weight excluding hydrogens is 354 g/mol. The molecule has 2 aromatic heterocycles. The smallest absolute Gasteiger partial charge is 0.230 e. The Bertz CT molecular complexity index is 995. The lowest BCUT2D eigenvalue weighted by molar-refractivity contribution is -0.122. The van der Waals surface area contributed by atoms with E-state index in [9.17, 15) is 9.59 Å². The number of nitrogens with zero attached hydrogens (tertiary/aromatic N) is 4. The molecule has 0 radical (unpaired) electrons. The van der Waals surface area contributed by atoms with Gasteiger partial charge in [-0.05, 0) is 36.6 Å². The number of amides is 2. The number of unbranched alkanes of at least 4 members (excludes halogenated alkanes) is 1. The van der Waals surface area contributed by atoms with E-state index >= 15 is 0 Å². The minimum absolute atomic E-state index is 0.0274. The number of nitrogens with one attached hydrogen (secondary N) is 1. The number of aromatic nitrogens is 3. The van der Waals surface area contributed by atoms with E-state index in [0.29, 0.717) is 18.0 Å². The van der Waals surface area contributed by atoms with Gasteiger partial charge in [0.05, 0.1) is 12.1 Å². The first-order chi connectivity index (χ1) is 13.7. The van der Waals surface area contributed by atoms with Crippen LogP contribution in [0.2, 0.25) is 0 Å². The summed E-state index contributed by atoms with van der Waals surface area (Å²) in [5.41, 5.74) is 2.77. The second-order valence-corrected chi connectivity index (χ2v) is 7.10. The predicted molar refractivity (Wildman–Crippen MR) is 107 cm³/mol. The van der Waals surface area contributed by atoms with E-state index in [2.05, 4.69) is 34.5 Å². The second kappa shape index (κ2) is 7.80. The number of carbonyl (C=O) groups is 2. The average molecular weight is 377 g/mol. The number of hydrogen-bond acceptors (Lipinski definition) is 4. The quantitative estimate of drug-likeness (QED) is 0.716. The van der Waals surface area contributed by atoms with E-state index in [1.54, 1.807) is 33.9 Å². The summed E-state index contributed by atoms with van der Waals surface area (Å²) in [6.07, 6.45) is 6.82. The molecule has 2 amide bonds. The molecule has 3 aromatic rings. The molecule has 1 N–H and O–H groups in total. The van der Waals surface area contributed by atoms with Gasteiger partial charge in [0.1, 0.15) is 5.82 Å². The number of benzene rings is 1. The van der Waals surface area contributed by atoms with Gasteiger partial charge in [-0.15, -0.1) is 0 Å². The molecule has 28 heavy (non-hydrogen) atoms. The first kappa shape index (κ1) is 18.2. The Hall–Kier alpha value is -3.22. The van der Waals surface area contributed by atoms with Crippen molar-refractivity contribution in [2.75, 3.05) is 16.8 Å². The van der Waals surface area contributed by atoms with E-state index in [-0.39, 0.29) is 18.2 Å². The van der Waals surface area contributed by atoms with Crippen LogP contribution >= 0.6 is 0 Å². The van der Waals surface area contributed by atoms with E-state index in [4.69, 9.17) is 0 Å². The standard InChI is InChI=1S/C21H23N5O2/c1-2-3-4-15-5-7-17(8-6-15)25-14-16(13-20(25)27)21(28)24-19-9-11-22-18-10-12-23-26(18)19/h5-12,16H,2-4,13-14H2,1H3,(H,24,28). The fraction of sp³-hybridized carbons (Fsp3) is 0.333. The van der Waals surface area contributed by atoms with Gasteiger partial charge in [0.25, 0.3) is 0 Å². The minimum Gasteiger partial charge on any atom is -0.312 e. The molecule has 0 bridgehead atoms. The predicted octanol–water partition coefficient (Wildman–Crippen LogP) is 3.06. The summed E-state index contributed by atoms with van der Waals surface area (Å²) >= 11 is 0. The molecule has 1 fully saturated rings. The Balaban J connectivity index is 1.44. The van der Waals surface area contributed by atoms with Crippen molar-refractivity contribution in [3.63, 3.8) is 0 Å². The fourth-order valence-electron chi connectivity index (χ4n) is 3.51. The van der Waals surface area contributed by atoms with Crippen LogP contribution in [0.15, 0.2) is 48.8 Å². The maximum Gasteiger partial charge on any atom is 0.230 e. The molecule has 7 nitrogen and oxygen atoms in total. The highest BCUT2D eigenvalue weighted by Crippen LogP contribution is 2.26. The van der Waals surface area contributed by atoms with Crippen LogP contribution in [0.4, 0.5) is 11.5 Å². The summed E-state index contributed by atoms with van der Waals surface area (Å²) in [5, 5.41) is 7.05. The van der Waals surface area contributed by atoms with Crippen molar-refractivity contribution in [2.24, 2.45) is 5.92 Å². The summed E-state index contributed by atoms with van der Waals surface area (Å²) in [4.78, 5) is 31.1. The van der Waals surface area contributed by atoms with Crippen molar-refractivity contribution >= 4 is 29.0 Å². The summed E-state index contributed by atoms with van der Waals surface area (Å²) in [6.45, 7) is 2.55. The first-order valence-electron chi connectivity index (χ1n) is 9.64. The van der Waals surface area contributed by atoms with Crippen molar-refractivity contribution in [1.29, 1.82) is 0 Å². The monoisotopic (exact) mass is 377 g/mol. The van der Waals surface area contributed by atoms with Crippen molar-refractivity contribution in [3.05, 3.63) is 54.4 Å². The molecule has 0 aliphatic carbocycles. The van der Waals surface area contributed by atoms with E-state index < -0.39 is 5.92 Å². The summed E-state index contributed by atoms with van der Waals surface area (Å²) in [5.74, 6) is -0.0592. The summed E-state index contributed by atoms with van der Waals surface area (Å²) in [7, 11) is 0. The van der Waals surface area contributed by atoms with Crippen molar-refractivity contribution in [3.8, 4) is 0 Å². The van der Waals surface area contributed by atoms with Crippen LogP contribution in [0.3, 0.4) is 0 Å². The molecule has 1 saturated heterocycles. The van der Waals surface area contributed by atoms with Crippen LogP contribution in [0.1, 0.15) is 31.7 Å². The molecule has 7 heteroatoms. The SMILES string of the molecule is CCCCc1ccc(N2CC(C(=O)Nc3ccnc4ccnn34)CC2=O)cc1. The molecule has 1 aliphatic heterocycles. The summed E-state index contributed by atoms with van der Waals surface area (Å²) < 4.78 is 1.57. The maximum atomic E-state index is 12.7. The minimum atomic E-state index is -0.397. The number of fused-ring (bicyclic) bond motifs is 1. The molecule has 3 heterocycles. The molecule has 1 atom stereocenters. The molecule has 0 saturated carbocycles. The van der Waals surface area contributed by atoms with E-state index in [1.165, 1.54) is 5.56 Å². The Labute approximate surface area is 163 Å². The van der Waals surface area contributed by atoms with Gasteiger partial charge in [-0.2, -0.15) is 9.61 Å². The van der Waals surface area contributed by atoms with Crippen LogP contribution in [0.25, 0.3) is 5.65 Å². The maximum absolute atomic E-state index is 12.7.